The number of benzene rings is 3. The van der Waals surface area contributed by atoms with Gasteiger partial charge in [-0.25, -0.2) is 4.39 Å². The van der Waals surface area contributed by atoms with Gasteiger partial charge in [0.2, 0.25) is 5.91 Å². The zero-order chi connectivity index (χ0) is 28.2. The molecular weight excluding hydrogens is 503 g/mol. The van der Waals surface area contributed by atoms with Crippen LogP contribution in [0.1, 0.15) is 66.1 Å². The molecule has 210 valence electrons. The Hall–Kier alpha value is -3.87. The van der Waals surface area contributed by atoms with Crippen molar-refractivity contribution in [1.82, 2.24) is 4.90 Å². The molecule has 2 aliphatic rings. The molecule has 3 aromatic rings. The average molecular weight is 543 g/mol. The van der Waals surface area contributed by atoms with Crippen molar-refractivity contribution in [1.29, 1.82) is 0 Å². The molecule has 0 bridgehead atoms. The number of aryl methyl sites for hydroxylation is 1. The Bertz CT molecular complexity index is 1310. The highest BCUT2D eigenvalue weighted by atomic mass is 19.1. The van der Waals surface area contributed by atoms with Gasteiger partial charge in [-0.2, -0.15) is 0 Å². The van der Waals surface area contributed by atoms with Crippen LogP contribution in [0.25, 0.3) is 0 Å². The van der Waals surface area contributed by atoms with Crippen LogP contribution in [0.2, 0.25) is 0 Å². The van der Waals surface area contributed by atoms with Crippen LogP contribution in [-0.4, -0.2) is 43.4 Å². The van der Waals surface area contributed by atoms with Gasteiger partial charge in [0.15, 0.2) is 0 Å². The van der Waals surface area contributed by atoms with Gasteiger partial charge in [-0.15, -0.1) is 0 Å². The Labute approximate surface area is 236 Å². The zero-order valence-electron chi connectivity index (χ0n) is 23.6. The van der Waals surface area contributed by atoms with Gasteiger partial charge < -0.3 is 20.4 Å². The van der Waals surface area contributed by atoms with Gasteiger partial charge in [0.25, 0.3) is 5.91 Å². The van der Waals surface area contributed by atoms with E-state index < -0.39 is 17.8 Å². The number of likely N-dealkylation sites (tertiary alicyclic amines) is 1. The Balaban J connectivity index is 1.45. The highest BCUT2D eigenvalue weighted by molar-refractivity contribution is 5.98. The standard InChI is InChI=1S/C33H39FN4O2/c1-22-8-6-12-29(34)30(22)33(40)38-21-7-11-28(32(39)36-26-17-19-27(20-18-26)37(2)3)31(38)23-13-15-25(16-14-23)35-24-9-4-5-10-24/h6,8,12-20,24,28,31,35H,4-5,7,9-11,21H2,1-3H3,(H,36,39)/t28-,31-/m0/s1. The second-order valence-corrected chi connectivity index (χ2v) is 11.3. The summed E-state index contributed by atoms with van der Waals surface area (Å²) >= 11 is 0. The average Bonchev–Trinajstić information content (AvgIpc) is 3.46. The first-order chi connectivity index (χ1) is 19.3. The van der Waals surface area contributed by atoms with Crippen molar-refractivity contribution in [3.8, 4) is 0 Å². The summed E-state index contributed by atoms with van der Waals surface area (Å²) < 4.78 is 14.9. The number of carbonyl (C=O) groups excluding carboxylic acids is 2. The number of anilines is 3. The smallest absolute Gasteiger partial charge is 0.257 e. The maximum absolute atomic E-state index is 14.9. The van der Waals surface area contributed by atoms with Crippen molar-refractivity contribution in [2.24, 2.45) is 5.92 Å². The maximum atomic E-state index is 14.9. The van der Waals surface area contributed by atoms with E-state index >= 15 is 0 Å². The lowest BCUT2D eigenvalue weighted by atomic mass is 9.83. The van der Waals surface area contributed by atoms with Crippen molar-refractivity contribution in [2.45, 2.75) is 57.5 Å². The molecule has 3 aromatic carbocycles. The Kier molecular flexibility index (Phi) is 8.38. The van der Waals surface area contributed by atoms with E-state index in [9.17, 15) is 14.0 Å². The van der Waals surface area contributed by atoms with Gasteiger partial charge in [-0.05, 0) is 86.2 Å². The minimum Gasteiger partial charge on any atom is -0.382 e. The Morgan fingerprint density at radius 3 is 2.20 bits per heavy atom. The van der Waals surface area contributed by atoms with E-state index in [0.717, 1.165) is 16.9 Å². The zero-order valence-corrected chi connectivity index (χ0v) is 23.6. The largest absolute Gasteiger partial charge is 0.382 e. The van der Waals surface area contributed by atoms with E-state index in [4.69, 9.17) is 0 Å². The van der Waals surface area contributed by atoms with Crippen LogP contribution >= 0.6 is 0 Å². The number of hydrogen-bond acceptors (Lipinski definition) is 4. The van der Waals surface area contributed by atoms with Crippen LogP contribution in [0, 0.1) is 18.7 Å². The molecule has 0 spiro atoms. The van der Waals surface area contributed by atoms with Crippen LogP contribution in [0.15, 0.2) is 66.7 Å². The number of nitrogens with one attached hydrogen (secondary N) is 2. The molecule has 7 heteroatoms. The van der Waals surface area contributed by atoms with Crippen LogP contribution in [-0.2, 0) is 4.79 Å². The second kappa shape index (κ2) is 12.1. The van der Waals surface area contributed by atoms with Crippen molar-refractivity contribution in [3.05, 3.63) is 89.2 Å². The van der Waals surface area contributed by atoms with Crippen molar-refractivity contribution in [3.63, 3.8) is 0 Å². The molecule has 2 N–H and O–H groups in total. The molecule has 1 aliphatic heterocycles. The summed E-state index contributed by atoms with van der Waals surface area (Å²) in [5, 5.41) is 6.69. The number of hydrogen-bond donors (Lipinski definition) is 2. The fourth-order valence-electron chi connectivity index (χ4n) is 6.12. The molecule has 0 aromatic heterocycles. The number of amides is 2. The Morgan fingerprint density at radius 2 is 1.55 bits per heavy atom. The van der Waals surface area contributed by atoms with Crippen LogP contribution in [0.3, 0.4) is 0 Å². The van der Waals surface area contributed by atoms with Gasteiger partial charge >= 0.3 is 0 Å². The summed E-state index contributed by atoms with van der Waals surface area (Å²) in [5.74, 6) is -1.53. The van der Waals surface area contributed by atoms with Crippen LogP contribution < -0.4 is 15.5 Å². The molecule has 1 saturated carbocycles. The molecule has 40 heavy (non-hydrogen) atoms. The molecular formula is C33H39FN4O2. The van der Waals surface area contributed by atoms with Crippen molar-refractivity contribution >= 4 is 28.9 Å². The predicted molar refractivity (Wildman–Crippen MR) is 159 cm³/mol. The summed E-state index contributed by atoms with van der Waals surface area (Å²) in [4.78, 5) is 31.4. The number of nitrogens with zero attached hydrogens (tertiary/aromatic N) is 2. The monoisotopic (exact) mass is 542 g/mol. The molecule has 5 rings (SSSR count). The van der Waals surface area contributed by atoms with E-state index in [1.807, 2.05) is 67.5 Å². The SMILES string of the molecule is Cc1cccc(F)c1C(=O)N1CCC[C@H](C(=O)Nc2ccc(N(C)C)cc2)[C@@H]1c1ccc(NC2CCCC2)cc1. The normalized spacial score (nSPS) is 19.4. The van der Waals surface area contributed by atoms with Crippen LogP contribution in [0.5, 0.6) is 0 Å². The quantitative estimate of drug-likeness (QED) is 0.345. The number of carbonyl (C=O) groups is 2. The molecule has 2 amide bonds. The summed E-state index contributed by atoms with van der Waals surface area (Å²) in [5.41, 5.74) is 4.33. The number of halogens is 1. The summed E-state index contributed by atoms with van der Waals surface area (Å²) in [6, 6.07) is 20.4. The molecule has 1 aliphatic carbocycles. The minimum atomic E-state index is -0.535. The molecule has 0 radical (unpaired) electrons. The third kappa shape index (κ3) is 5.98. The van der Waals surface area contributed by atoms with E-state index in [1.54, 1.807) is 24.0 Å². The fourth-order valence-corrected chi connectivity index (χ4v) is 6.12. The molecule has 1 heterocycles. The van der Waals surface area contributed by atoms with E-state index in [2.05, 4.69) is 10.6 Å². The number of piperidine rings is 1. The van der Waals surface area contributed by atoms with Gasteiger partial charge in [-0.3, -0.25) is 9.59 Å². The Morgan fingerprint density at radius 1 is 0.875 bits per heavy atom. The highest BCUT2D eigenvalue weighted by Gasteiger charge is 2.40. The van der Waals surface area contributed by atoms with Crippen molar-refractivity contribution < 1.29 is 14.0 Å². The molecule has 0 unspecified atom stereocenters. The third-order valence-corrected chi connectivity index (χ3v) is 8.29. The first-order valence-corrected chi connectivity index (χ1v) is 14.3. The van der Waals surface area contributed by atoms with E-state index in [1.165, 1.54) is 31.7 Å². The lowest BCUT2D eigenvalue weighted by Crippen LogP contribution is -2.46. The van der Waals surface area contributed by atoms with Gasteiger partial charge in [-0.1, -0.05) is 37.1 Å². The summed E-state index contributed by atoms with van der Waals surface area (Å²) in [6.45, 7) is 2.21. The van der Waals surface area contributed by atoms with Gasteiger partial charge in [0, 0.05) is 43.7 Å². The minimum absolute atomic E-state index is 0.0763. The summed E-state index contributed by atoms with van der Waals surface area (Å²) in [7, 11) is 3.94. The fraction of sp³-hybridized carbons (Fsp3) is 0.394. The summed E-state index contributed by atoms with van der Waals surface area (Å²) in [6.07, 6.45) is 6.14. The number of rotatable bonds is 7. The molecule has 6 nitrogen and oxygen atoms in total. The van der Waals surface area contributed by atoms with E-state index in [0.29, 0.717) is 36.7 Å². The lowest BCUT2D eigenvalue weighted by molar-refractivity contribution is -0.123. The first kappa shape index (κ1) is 27.7. The highest BCUT2D eigenvalue weighted by Crippen LogP contribution is 2.39. The molecule has 2 atom stereocenters. The van der Waals surface area contributed by atoms with Crippen molar-refractivity contribution in [2.75, 3.05) is 36.2 Å². The molecule has 1 saturated heterocycles. The first-order valence-electron chi connectivity index (χ1n) is 14.3. The topological polar surface area (TPSA) is 64.7 Å². The molecule has 2 fully saturated rings. The van der Waals surface area contributed by atoms with E-state index in [-0.39, 0.29) is 17.4 Å². The third-order valence-electron chi connectivity index (χ3n) is 8.29. The van der Waals surface area contributed by atoms with Gasteiger partial charge in [0.05, 0.1) is 17.5 Å². The van der Waals surface area contributed by atoms with Crippen LogP contribution in [0.4, 0.5) is 21.5 Å². The lowest BCUT2D eigenvalue weighted by Gasteiger charge is -2.41. The maximum Gasteiger partial charge on any atom is 0.257 e. The second-order valence-electron chi connectivity index (χ2n) is 11.3. The van der Waals surface area contributed by atoms with Gasteiger partial charge in [0.1, 0.15) is 5.82 Å². The predicted octanol–water partition coefficient (Wildman–Crippen LogP) is 6.79.